The Labute approximate surface area is 151 Å². The Bertz CT molecular complexity index is 872. The maximum Gasteiger partial charge on any atom is 0.255 e. The van der Waals surface area contributed by atoms with E-state index < -0.39 is 17.6 Å². The standard InChI is InChI=1S/C20H18N4O2/c21-10-15-3-7-17(8-4-15)16-5-1-14(2-6-16)9-18(11-22)24-19(25)20(26)12-23-13-20/h1-8,18,23,26H,9,12-13H2,(H,24,25)/t18-/m0/s1. The maximum atomic E-state index is 12.0. The quantitative estimate of drug-likeness (QED) is 0.751. The first-order valence-electron chi connectivity index (χ1n) is 8.27. The van der Waals surface area contributed by atoms with Crippen molar-refractivity contribution in [3.63, 3.8) is 0 Å². The second kappa shape index (κ2) is 7.37. The number of carbonyl (C=O) groups is 1. The van der Waals surface area contributed by atoms with Gasteiger partial charge in [0.1, 0.15) is 6.04 Å². The van der Waals surface area contributed by atoms with Crippen LogP contribution in [0.25, 0.3) is 11.1 Å². The van der Waals surface area contributed by atoms with Crippen LogP contribution in [0.1, 0.15) is 11.1 Å². The Kier molecular flexibility index (Phi) is 4.99. The molecule has 0 saturated carbocycles. The fourth-order valence-corrected chi connectivity index (χ4v) is 2.75. The predicted molar refractivity (Wildman–Crippen MR) is 95.7 cm³/mol. The number of β-amino-alcohol motifs (C(OH)–C–C–N with tert-alkyl or cyclic N) is 1. The summed E-state index contributed by atoms with van der Waals surface area (Å²) in [6.45, 7) is 0.409. The summed E-state index contributed by atoms with van der Waals surface area (Å²) in [5, 5.41) is 33.6. The highest BCUT2D eigenvalue weighted by Crippen LogP contribution is 2.21. The number of rotatable bonds is 5. The minimum atomic E-state index is -1.41. The molecule has 0 aliphatic carbocycles. The molecular formula is C20H18N4O2. The molecule has 0 radical (unpaired) electrons. The summed E-state index contributed by atoms with van der Waals surface area (Å²) in [6.07, 6.45) is 0.361. The van der Waals surface area contributed by atoms with Crippen molar-refractivity contribution in [3.8, 4) is 23.3 Å². The molecule has 0 spiro atoms. The van der Waals surface area contributed by atoms with Crippen LogP contribution < -0.4 is 10.6 Å². The first-order chi connectivity index (χ1) is 12.5. The average molecular weight is 346 g/mol. The zero-order valence-corrected chi connectivity index (χ0v) is 14.1. The second-order valence-electron chi connectivity index (χ2n) is 6.38. The lowest BCUT2D eigenvalue weighted by molar-refractivity contribution is -0.145. The van der Waals surface area contributed by atoms with Crippen LogP contribution in [-0.2, 0) is 11.2 Å². The second-order valence-corrected chi connectivity index (χ2v) is 6.38. The normalized spacial score (nSPS) is 15.8. The van der Waals surface area contributed by atoms with Crippen LogP contribution in [-0.4, -0.2) is 35.7 Å². The van der Waals surface area contributed by atoms with E-state index in [1.54, 1.807) is 12.1 Å². The summed E-state index contributed by atoms with van der Waals surface area (Å²) in [7, 11) is 0. The summed E-state index contributed by atoms with van der Waals surface area (Å²) < 4.78 is 0. The zero-order chi connectivity index (χ0) is 18.6. The van der Waals surface area contributed by atoms with Crippen LogP contribution in [0.15, 0.2) is 48.5 Å². The van der Waals surface area contributed by atoms with E-state index in [1.165, 1.54) is 0 Å². The molecule has 3 N–H and O–H groups in total. The van der Waals surface area contributed by atoms with Gasteiger partial charge >= 0.3 is 0 Å². The van der Waals surface area contributed by atoms with Crippen molar-refractivity contribution in [3.05, 3.63) is 59.7 Å². The maximum absolute atomic E-state index is 12.0. The molecule has 1 atom stereocenters. The first-order valence-corrected chi connectivity index (χ1v) is 8.27. The van der Waals surface area contributed by atoms with E-state index in [2.05, 4.69) is 22.8 Å². The molecule has 26 heavy (non-hydrogen) atoms. The Morgan fingerprint density at radius 2 is 1.69 bits per heavy atom. The van der Waals surface area contributed by atoms with Gasteiger partial charge in [0.2, 0.25) is 0 Å². The van der Waals surface area contributed by atoms with Gasteiger partial charge in [0, 0.05) is 19.5 Å². The van der Waals surface area contributed by atoms with Gasteiger partial charge in [-0.3, -0.25) is 4.79 Å². The van der Waals surface area contributed by atoms with Crippen molar-refractivity contribution in [2.45, 2.75) is 18.1 Å². The Morgan fingerprint density at radius 3 is 2.15 bits per heavy atom. The molecule has 1 aliphatic heterocycles. The van der Waals surface area contributed by atoms with E-state index in [1.807, 2.05) is 36.4 Å². The van der Waals surface area contributed by atoms with Gasteiger partial charge in [-0.2, -0.15) is 10.5 Å². The SMILES string of the molecule is N#Cc1ccc(-c2ccc(C[C@@H](C#N)NC(=O)C3(O)CNC3)cc2)cc1. The zero-order valence-electron chi connectivity index (χ0n) is 14.1. The van der Waals surface area contributed by atoms with Crippen molar-refractivity contribution in [2.75, 3.05) is 13.1 Å². The molecule has 1 fully saturated rings. The van der Waals surface area contributed by atoms with Gasteiger partial charge in [-0.25, -0.2) is 0 Å². The number of amides is 1. The van der Waals surface area contributed by atoms with Gasteiger partial charge in [-0.05, 0) is 28.8 Å². The summed E-state index contributed by atoms with van der Waals surface area (Å²) in [4.78, 5) is 12.0. The number of aliphatic hydroxyl groups is 1. The van der Waals surface area contributed by atoms with Crippen molar-refractivity contribution >= 4 is 5.91 Å². The Hall–Kier alpha value is -3.19. The Balaban J connectivity index is 1.65. The lowest BCUT2D eigenvalue weighted by Gasteiger charge is -2.36. The molecule has 1 heterocycles. The molecule has 2 aromatic rings. The van der Waals surface area contributed by atoms with Gasteiger partial charge in [-0.15, -0.1) is 0 Å². The van der Waals surface area contributed by atoms with Gasteiger partial charge in [0.05, 0.1) is 17.7 Å². The third-order valence-electron chi connectivity index (χ3n) is 4.46. The summed E-state index contributed by atoms with van der Waals surface area (Å²) in [5.41, 5.74) is 2.12. The van der Waals surface area contributed by atoms with E-state index in [0.717, 1.165) is 16.7 Å². The number of nitrogens with one attached hydrogen (secondary N) is 2. The number of carbonyl (C=O) groups excluding carboxylic acids is 1. The summed E-state index contributed by atoms with van der Waals surface area (Å²) in [5.74, 6) is -0.517. The highest BCUT2D eigenvalue weighted by atomic mass is 16.3. The largest absolute Gasteiger partial charge is 0.377 e. The number of benzene rings is 2. The molecule has 2 aromatic carbocycles. The number of hydrogen-bond acceptors (Lipinski definition) is 5. The van der Waals surface area contributed by atoms with Crippen LogP contribution in [0.4, 0.5) is 0 Å². The molecule has 1 aliphatic rings. The summed E-state index contributed by atoms with van der Waals surface area (Å²) >= 11 is 0. The van der Waals surface area contributed by atoms with Crippen LogP contribution in [0, 0.1) is 22.7 Å². The van der Waals surface area contributed by atoms with Gasteiger partial charge in [0.25, 0.3) is 5.91 Å². The molecule has 3 rings (SSSR count). The van der Waals surface area contributed by atoms with Crippen molar-refractivity contribution in [1.82, 2.24) is 10.6 Å². The molecule has 0 unspecified atom stereocenters. The molecule has 0 aromatic heterocycles. The van der Waals surface area contributed by atoms with Crippen LogP contribution in [0.3, 0.4) is 0 Å². The molecular weight excluding hydrogens is 328 g/mol. The van der Waals surface area contributed by atoms with Crippen molar-refractivity contribution < 1.29 is 9.90 Å². The predicted octanol–water partition coefficient (Wildman–Crippen LogP) is 1.11. The lowest BCUT2D eigenvalue weighted by Crippen LogP contribution is -2.68. The van der Waals surface area contributed by atoms with E-state index in [0.29, 0.717) is 12.0 Å². The highest BCUT2D eigenvalue weighted by Gasteiger charge is 2.42. The topological polar surface area (TPSA) is 109 Å². The third-order valence-corrected chi connectivity index (χ3v) is 4.46. The van der Waals surface area contributed by atoms with Crippen LogP contribution >= 0.6 is 0 Å². The van der Waals surface area contributed by atoms with Gasteiger partial charge in [-0.1, -0.05) is 36.4 Å². The third kappa shape index (κ3) is 3.73. The van der Waals surface area contributed by atoms with Gasteiger partial charge in [0.15, 0.2) is 5.60 Å². The van der Waals surface area contributed by atoms with Gasteiger partial charge < -0.3 is 15.7 Å². The monoisotopic (exact) mass is 346 g/mol. The molecule has 6 nitrogen and oxygen atoms in total. The van der Waals surface area contributed by atoms with E-state index >= 15 is 0 Å². The van der Waals surface area contributed by atoms with E-state index in [4.69, 9.17) is 5.26 Å². The fourth-order valence-electron chi connectivity index (χ4n) is 2.75. The van der Waals surface area contributed by atoms with Crippen molar-refractivity contribution in [2.24, 2.45) is 0 Å². The average Bonchev–Trinajstić information content (AvgIpc) is 2.66. The van der Waals surface area contributed by atoms with Crippen LogP contribution in [0.5, 0.6) is 0 Å². The lowest BCUT2D eigenvalue weighted by atomic mass is 9.95. The van der Waals surface area contributed by atoms with Crippen LogP contribution in [0.2, 0.25) is 0 Å². The molecule has 6 heteroatoms. The number of nitrogens with zero attached hydrogens (tertiary/aromatic N) is 2. The molecule has 1 amide bonds. The molecule has 130 valence electrons. The van der Waals surface area contributed by atoms with Crippen molar-refractivity contribution in [1.29, 1.82) is 10.5 Å². The first kappa shape index (κ1) is 17.6. The summed E-state index contributed by atoms with van der Waals surface area (Å²) in [6, 6.07) is 18.5. The number of hydrogen-bond donors (Lipinski definition) is 3. The minimum absolute atomic E-state index is 0.205. The smallest absolute Gasteiger partial charge is 0.255 e. The van der Waals surface area contributed by atoms with E-state index in [9.17, 15) is 15.2 Å². The molecule has 0 bridgehead atoms. The Morgan fingerprint density at radius 1 is 1.12 bits per heavy atom. The van der Waals surface area contributed by atoms with E-state index in [-0.39, 0.29) is 13.1 Å². The minimum Gasteiger partial charge on any atom is -0.377 e. The highest BCUT2D eigenvalue weighted by molar-refractivity contribution is 5.87. The number of nitriles is 2. The fraction of sp³-hybridized carbons (Fsp3) is 0.250. The molecule has 1 saturated heterocycles.